The third-order valence-electron chi connectivity index (χ3n) is 6.05. The Bertz CT molecular complexity index is 1260. The van der Waals surface area contributed by atoms with Crippen molar-refractivity contribution in [1.82, 2.24) is 10.2 Å². The molecule has 0 radical (unpaired) electrons. The number of halogens is 1. The van der Waals surface area contributed by atoms with Crippen molar-refractivity contribution < 1.29 is 32.6 Å². The lowest BCUT2D eigenvalue weighted by atomic mass is 9.91. The first-order valence-corrected chi connectivity index (χ1v) is 12.8. The Hall–Kier alpha value is -3.18. The minimum atomic E-state index is -3.83. The number of aliphatic carboxylic acids is 1. The fourth-order valence-electron chi connectivity index (χ4n) is 4.32. The molecule has 0 bridgehead atoms. The SMILES string of the molecule is CCC1=C(N2CCOCC2)N=C2C(=C(c3cc(F)ccc3O)C1)NC(C(=O)O)=CC2S(C)(=O)=O. The summed E-state index contributed by atoms with van der Waals surface area (Å²) in [6, 6.07) is 3.48. The van der Waals surface area contributed by atoms with E-state index < -0.39 is 26.9 Å². The van der Waals surface area contributed by atoms with Crippen molar-refractivity contribution in [3.8, 4) is 5.75 Å². The molecule has 11 heteroatoms. The molecule has 0 amide bonds. The Kier molecular flexibility index (Phi) is 6.50. The first kappa shape index (κ1) is 24.0. The van der Waals surface area contributed by atoms with Crippen molar-refractivity contribution in [3.05, 3.63) is 58.4 Å². The van der Waals surface area contributed by atoms with Crippen molar-refractivity contribution in [1.29, 1.82) is 0 Å². The number of nitrogens with zero attached hydrogens (tertiary/aromatic N) is 2. The Morgan fingerprint density at radius 1 is 1.32 bits per heavy atom. The predicted molar refractivity (Wildman–Crippen MR) is 124 cm³/mol. The van der Waals surface area contributed by atoms with Gasteiger partial charge in [0.05, 0.1) is 24.6 Å². The van der Waals surface area contributed by atoms with E-state index in [1.807, 2.05) is 11.8 Å². The van der Waals surface area contributed by atoms with Crippen LogP contribution < -0.4 is 5.32 Å². The van der Waals surface area contributed by atoms with E-state index in [0.717, 1.165) is 30.0 Å². The average Bonchev–Trinajstić information content (AvgIpc) is 2.96. The molecule has 1 aromatic rings. The number of ether oxygens (including phenoxy) is 1. The van der Waals surface area contributed by atoms with Crippen LogP contribution in [0.25, 0.3) is 5.57 Å². The van der Waals surface area contributed by atoms with Crippen LogP contribution in [0.2, 0.25) is 0 Å². The molecular formula is C23H26FN3O6S. The minimum Gasteiger partial charge on any atom is -0.507 e. The Balaban J connectivity index is 2.03. The standard InChI is InChI=1S/C23H26FN3O6S/c1-3-13-10-16(15-11-14(24)4-5-18(15)28)20-21(26-22(13)27-6-8-33-9-7-27)19(34(2,31)32)12-17(25-20)23(29)30/h4-5,11-12,19,25,28H,3,6-10H2,1-2H3,(H,29,30). The van der Waals surface area contributed by atoms with Gasteiger partial charge in [0.2, 0.25) is 0 Å². The van der Waals surface area contributed by atoms with E-state index in [2.05, 4.69) is 5.32 Å². The molecule has 1 fully saturated rings. The number of carboxylic acid groups (broad SMARTS) is 1. The third kappa shape index (κ3) is 4.58. The van der Waals surface area contributed by atoms with Gasteiger partial charge in [-0.05, 0) is 41.8 Å². The molecule has 1 unspecified atom stereocenters. The molecule has 3 heterocycles. The van der Waals surface area contributed by atoms with E-state index >= 15 is 0 Å². The topological polar surface area (TPSA) is 129 Å². The molecule has 3 N–H and O–H groups in total. The van der Waals surface area contributed by atoms with E-state index in [1.54, 1.807) is 0 Å². The van der Waals surface area contributed by atoms with E-state index in [-0.39, 0.29) is 34.8 Å². The van der Waals surface area contributed by atoms with Crippen LogP contribution in [0.3, 0.4) is 0 Å². The summed E-state index contributed by atoms with van der Waals surface area (Å²) in [5, 5.41) is 21.7. The van der Waals surface area contributed by atoms with Gasteiger partial charge in [0.25, 0.3) is 0 Å². The highest BCUT2D eigenvalue weighted by Gasteiger charge is 2.38. The van der Waals surface area contributed by atoms with E-state index in [4.69, 9.17) is 9.73 Å². The van der Waals surface area contributed by atoms with Gasteiger partial charge >= 0.3 is 5.97 Å². The normalized spacial score (nSPS) is 21.4. The Labute approximate surface area is 196 Å². The zero-order valence-electron chi connectivity index (χ0n) is 18.8. The second kappa shape index (κ2) is 9.22. The molecule has 182 valence electrons. The summed E-state index contributed by atoms with van der Waals surface area (Å²) >= 11 is 0. The van der Waals surface area contributed by atoms with Crippen LogP contribution >= 0.6 is 0 Å². The number of phenols is 1. The summed E-state index contributed by atoms with van der Waals surface area (Å²) in [6.45, 7) is 4.01. The summed E-state index contributed by atoms with van der Waals surface area (Å²) in [7, 11) is -3.83. The number of aliphatic imine (C=N–C) groups is 1. The molecule has 4 rings (SSSR count). The molecule has 3 aliphatic rings. The van der Waals surface area contributed by atoms with Gasteiger partial charge in [0.1, 0.15) is 28.3 Å². The molecule has 9 nitrogen and oxygen atoms in total. The summed E-state index contributed by atoms with van der Waals surface area (Å²) < 4.78 is 45.3. The third-order valence-corrected chi connectivity index (χ3v) is 7.33. The molecule has 1 saturated heterocycles. The number of carboxylic acids is 1. The lowest BCUT2D eigenvalue weighted by Gasteiger charge is -2.31. The average molecular weight is 492 g/mol. The van der Waals surface area contributed by atoms with Gasteiger partial charge in [0.15, 0.2) is 9.84 Å². The van der Waals surface area contributed by atoms with Gasteiger partial charge in [-0.3, -0.25) is 0 Å². The summed E-state index contributed by atoms with van der Waals surface area (Å²) in [4.78, 5) is 18.7. The molecule has 34 heavy (non-hydrogen) atoms. The van der Waals surface area contributed by atoms with Gasteiger partial charge in [-0.15, -0.1) is 0 Å². The highest BCUT2D eigenvalue weighted by Crippen LogP contribution is 2.39. The number of carbonyl (C=O) groups is 1. The number of nitrogens with one attached hydrogen (secondary N) is 1. The molecule has 0 saturated carbocycles. The van der Waals surface area contributed by atoms with Crippen molar-refractivity contribution in [2.75, 3.05) is 32.6 Å². The number of benzene rings is 1. The van der Waals surface area contributed by atoms with Gasteiger partial charge in [-0.1, -0.05) is 6.92 Å². The smallest absolute Gasteiger partial charge is 0.352 e. The van der Waals surface area contributed by atoms with Gasteiger partial charge < -0.3 is 25.2 Å². The molecule has 0 aliphatic carbocycles. The number of sulfone groups is 1. The van der Waals surface area contributed by atoms with Crippen LogP contribution in [0, 0.1) is 5.82 Å². The van der Waals surface area contributed by atoms with Crippen LogP contribution in [0.5, 0.6) is 5.75 Å². The predicted octanol–water partition coefficient (Wildman–Crippen LogP) is 2.03. The Morgan fingerprint density at radius 3 is 2.65 bits per heavy atom. The second-order valence-corrected chi connectivity index (χ2v) is 10.5. The second-order valence-electron chi connectivity index (χ2n) is 8.33. The van der Waals surface area contributed by atoms with Crippen LogP contribution in [0.15, 0.2) is 52.1 Å². The number of hydrogen-bond acceptors (Lipinski definition) is 8. The molecule has 1 aromatic carbocycles. The largest absolute Gasteiger partial charge is 0.507 e. The monoisotopic (exact) mass is 491 g/mol. The van der Waals surface area contributed by atoms with E-state index in [1.165, 1.54) is 6.07 Å². The highest BCUT2D eigenvalue weighted by atomic mass is 32.2. The first-order chi connectivity index (χ1) is 16.1. The fraction of sp³-hybridized carbons (Fsp3) is 0.391. The maximum Gasteiger partial charge on any atom is 0.352 e. The van der Waals surface area contributed by atoms with E-state index in [0.29, 0.717) is 44.1 Å². The number of fused-ring (bicyclic) bond motifs is 1. The molecule has 0 aromatic heterocycles. The summed E-state index contributed by atoms with van der Waals surface area (Å²) in [6.07, 6.45) is 2.90. The summed E-state index contributed by atoms with van der Waals surface area (Å²) in [5.41, 5.74) is 1.28. The van der Waals surface area contributed by atoms with Crippen molar-refractivity contribution in [3.63, 3.8) is 0 Å². The van der Waals surface area contributed by atoms with Gasteiger partial charge in [-0.2, -0.15) is 0 Å². The maximum absolute atomic E-state index is 14.2. The van der Waals surface area contributed by atoms with Crippen LogP contribution in [0.4, 0.5) is 4.39 Å². The molecular weight excluding hydrogens is 465 g/mol. The maximum atomic E-state index is 14.2. The molecule has 0 spiro atoms. The van der Waals surface area contributed by atoms with Crippen molar-refractivity contribution in [2.45, 2.75) is 25.0 Å². The zero-order chi connectivity index (χ0) is 24.6. The van der Waals surface area contributed by atoms with Gasteiger partial charge in [0, 0.05) is 31.3 Å². The van der Waals surface area contributed by atoms with Crippen LogP contribution in [-0.2, 0) is 19.4 Å². The van der Waals surface area contributed by atoms with Crippen LogP contribution in [0.1, 0.15) is 25.3 Å². The fourth-order valence-corrected chi connectivity index (χ4v) is 5.28. The number of morpholine rings is 1. The number of phenolic OH excluding ortho intramolecular Hbond substituents is 1. The zero-order valence-corrected chi connectivity index (χ0v) is 19.7. The minimum absolute atomic E-state index is 0.108. The lowest BCUT2D eigenvalue weighted by Crippen LogP contribution is -2.42. The van der Waals surface area contributed by atoms with Crippen molar-refractivity contribution >= 4 is 27.1 Å². The number of allylic oxidation sites excluding steroid dienone is 3. The number of aromatic hydroxyl groups is 1. The lowest BCUT2D eigenvalue weighted by molar-refractivity contribution is -0.133. The quantitative estimate of drug-likeness (QED) is 0.571. The summed E-state index contributed by atoms with van der Waals surface area (Å²) in [5.74, 6) is -1.56. The first-order valence-electron chi connectivity index (χ1n) is 10.9. The van der Waals surface area contributed by atoms with Gasteiger partial charge in [-0.25, -0.2) is 22.6 Å². The number of rotatable bonds is 5. The van der Waals surface area contributed by atoms with Crippen LogP contribution in [-0.4, -0.2) is 73.0 Å². The number of hydrogen-bond donors (Lipinski definition) is 3. The van der Waals surface area contributed by atoms with Crippen molar-refractivity contribution in [2.24, 2.45) is 4.99 Å². The molecule has 1 atom stereocenters. The Morgan fingerprint density at radius 2 is 2.03 bits per heavy atom. The molecule has 3 aliphatic heterocycles. The highest BCUT2D eigenvalue weighted by molar-refractivity contribution is 7.92. The van der Waals surface area contributed by atoms with E-state index in [9.17, 15) is 27.8 Å².